The highest BCUT2D eigenvalue weighted by Gasteiger charge is 2.14. The Balaban J connectivity index is 1.83. The van der Waals surface area contributed by atoms with E-state index in [9.17, 15) is 18.8 Å². The van der Waals surface area contributed by atoms with Crippen LogP contribution in [0.3, 0.4) is 0 Å². The van der Waals surface area contributed by atoms with Crippen molar-refractivity contribution >= 4 is 16.8 Å². The average Bonchev–Trinajstić information content (AvgIpc) is 2.75. The molecule has 2 aromatic carbocycles. The van der Waals surface area contributed by atoms with Gasteiger partial charge in [-0.05, 0) is 37.0 Å². The Labute approximate surface area is 180 Å². The molecule has 0 aliphatic rings. The van der Waals surface area contributed by atoms with Crippen molar-refractivity contribution < 1.29 is 9.18 Å². The Morgan fingerprint density at radius 2 is 1.71 bits per heavy atom. The number of nitrogens with zero attached hydrogens (tertiary/aromatic N) is 2. The van der Waals surface area contributed by atoms with Crippen LogP contribution in [0.25, 0.3) is 10.9 Å². The van der Waals surface area contributed by atoms with E-state index in [1.165, 1.54) is 15.2 Å². The number of carbonyl (C=O) groups is 1. The maximum Gasteiger partial charge on any atom is 0.331 e. The molecule has 0 unspecified atom stereocenters. The van der Waals surface area contributed by atoms with Crippen LogP contribution in [-0.4, -0.2) is 21.6 Å². The highest BCUT2D eigenvalue weighted by atomic mass is 19.1. The second kappa shape index (κ2) is 10.2. The van der Waals surface area contributed by atoms with Gasteiger partial charge in [-0.2, -0.15) is 0 Å². The van der Waals surface area contributed by atoms with Crippen molar-refractivity contribution in [1.29, 1.82) is 0 Å². The highest BCUT2D eigenvalue weighted by Crippen LogP contribution is 2.13. The van der Waals surface area contributed by atoms with Crippen molar-refractivity contribution in [3.63, 3.8) is 0 Å². The molecule has 0 saturated heterocycles. The summed E-state index contributed by atoms with van der Waals surface area (Å²) in [5, 5.41) is 3.27. The number of hydrogen-bond acceptors (Lipinski definition) is 3. The molecule has 1 aromatic heterocycles. The SMILES string of the molecule is CC(C)CNC(=O)CCCCn1c(=O)c2ccccc2n(Cc2ccccc2F)c1=O. The molecule has 3 aromatic rings. The molecule has 0 spiro atoms. The van der Waals surface area contributed by atoms with E-state index in [1.54, 1.807) is 42.5 Å². The van der Waals surface area contributed by atoms with E-state index in [-0.39, 0.29) is 24.6 Å². The van der Waals surface area contributed by atoms with E-state index in [1.807, 2.05) is 13.8 Å². The molecule has 0 aliphatic heterocycles. The topological polar surface area (TPSA) is 73.1 Å². The van der Waals surface area contributed by atoms with Crippen LogP contribution in [-0.2, 0) is 17.9 Å². The van der Waals surface area contributed by atoms with Gasteiger partial charge in [0, 0.05) is 25.1 Å². The Kier molecular flexibility index (Phi) is 7.39. The van der Waals surface area contributed by atoms with Crippen molar-refractivity contribution in [3.8, 4) is 0 Å². The van der Waals surface area contributed by atoms with Crippen LogP contribution in [0.15, 0.2) is 58.1 Å². The van der Waals surface area contributed by atoms with Crippen LogP contribution in [0.2, 0.25) is 0 Å². The summed E-state index contributed by atoms with van der Waals surface area (Å²) in [7, 11) is 0. The lowest BCUT2D eigenvalue weighted by atomic mass is 10.2. The van der Waals surface area contributed by atoms with Crippen LogP contribution < -0.4 is 16.6 Å². The Hall–Kier alpha value is -3.22. The minimum atomic E-state index is -0.476. The quantitative estimate of drug-likeness (QED) is 0.535. The minimum absolute atomic E-state index is 0.0310. The van der Waals surface area contributed by atoms with Gasteiger partial charge in [-0.1, -0.05) is 44.2 Å². The summed E-state index contributed by atoms with van der Waals surface area (Å²) < 4.78 is 16.8. The van der Waals surface area contributed by atoms with Gasteiger partial charge in [-0.15, -0.1) is 0 Å². The molecule has 164 valence electrons. The van der Waals surface area contributed by atoms with E-state index in [2.05, 4.69) is 5.32 Å². The van der Waals surface area contributed by atoms with Crippen LogP contribution in [0.5, 0.6) is 0 Å². The second-order valence-corrected chi connectivity index (χ2v) is 8.09. The van der Waals surface area contributed by atoms with Gasteiger partial charge in [-0.25, -0.2) is 9.18 Å². The fourth-order valence-electron chi connectivity index (χ4n) is 3.48. The standard InChI is InChI=1S/C24H28FN3O3/c1-17(2)15-26-22(29)13-7-8-14-27-23(30)19-10-4-6-12-21(19)28(24(27)31)16-18-9-3-5-11-20(18)25/h3-6,9-12,17H,7-8,13-16H2,1-2H3,(H,26,29). The molecule has 3 rings (SSSR count). The van der Waals surface area contributed by atoms with E-state index in [0.717, 1.165) is 0 Å². The van der Waals surface area contributed by atoms with Crippen LogP contribution in [0.1, 0.15) is 38.7 Å². The molecular formula is C24H28FN3O3. The zero-order valence-electron chi connectivity index (χ0n) is 17.9. The summed E-state index contributed by atoms with van der Waals surface area (Å²) in [6.07, 6.45) is 1.43. The van der Waals surface area contributed by atoms with E-state index < -0.39 is 11.5 Å². The Morgan fingerprint density at radius 1 is 1.00 bits per heavy atom. The molecule has 0 fully saturated rings. The third-order valence-corrected chi connectivity index (χ3v) is 5.16. The number of para-hydroxylation sites is 1. The number of unbranched alkanes of at least 4 members (excludes halogenated alkanes) is 1. The molecule has 1 heterocycles. The van der Waals surface area contributed by atoms with Gasteiger partial charge < -0.3 is 5.32 Å². The molecule has 0 aliphatic carbocycles. The van der Waals surface area contributed by atoms with Crippen molar-refractivity contribution in [2.45, 2.75) is 46.2 Å². The van der Waals surface area contributed by atoms with Crippen molar-refractivity contribution in [2.24, 2.45) is 5.92 Å². The number of carbonyl (C=O) groups excluding carboxylic acids is 1. The fourth-order valence-corrected chi connectivity index (χ4v) is 3.48. The number of aromatic nitrogens is 2. The lowest BCUT2D eigenvalue weighted by Crippen LogP contribution is -2.40. The van der Waals surface area contributed by atoms with Crippen LogP contribution in [0, 0.1) is 11.7 Å². The minimum Gasteiger partial charge on any atom is -0.356 e. The largest absolute Gasteiger partial charge is 0.356 e. The molecule has 0 saturated carbocycles. The first-order valence-electron chi connectivity index (χ1n) is 10.6. The van der Waals surface area contributed by atoms with Crippen molar-refractivity contribution in [1.82, 2.24) is 14.5 Å². The van der Waals surface area contributed by atoms with Crippen LogP contribution >= 0.6 is 0 Å². The number of halogens is 1. The molecule has 1 N–H and O–H groups in total. The highest BCUT2D eigenvalue weighted by molar-refractivity contribution is 5.78. The maximum absolute atomic E-state index is 14.2. The summed E-state index contributed by atoms with van der Waals surface area (Å²) in [4.78, 5) is 37.9. The first-order valence-corrected chi connectivity index (χ1v) is 10.6. The molecular weight excluding hydrogens is 397 g/mol. The number of hydrogen-bond donors (Lipinski definition) is 1. The molecule has 31 heavy (non-hydrogen) atoms. The molecule has 0 atom stereocenters. The first kappa shape index (κ1) is 22.5. The van der Waals surface area contributed by atoms with E-state index in [4.69, 9.17) is 0 Å². The molecule has 6 nitrogen and oxygen atoms in total. The average molecular weight is 426 g/mol. The number of nitrogens with one attached hydrogen (secondary N) is 1. The molecule has 7 heteroatoms. The smallest absolute Gasteiger partial charge is 0.331 e. The lowest BCUT2D eigenvalue weighted by Gasteiger charge is -2.14. The summed E-state index contributed by atoms with van der Waals surface area (Å²) in [6.45, 7) is 4.92. The van der Waals surface area contributed by atoms with Crippen molar-refractivity contribution in [3.05, 3.63) is 80.7 Å². The third-order valence-electron chi connectivity index (χ3n) is 5.16. The monoisotopic (exact) mass is 425 g/mol. The lowest BCUT2D eigenvalue weighted by molar-refractivity contribution is -0.121. The van der Waals surface area contributed by atoms with Gasteiger partial charge in [0.05, 0.1) is 17.4 Å². The molecule has 1 amide bonds. The van der Waals surface area contributed by atoms with Gasteiger partial charge in [0.15, 0.2) is 0 Å². The predicted octanol–water partition coefficient (Wildman–Crippen LogP) is 3.29. The zero-order chi connectivity index (χ0) is 22.4. The molecule has 0 radical (unpaired) electrons. The number of amides is 1. The Bertz CT molecular complexity index is 1180. The summed E-state index contributed by atoms with van der Waals surface area (Å²) >= 11 is 0. The second-order valence-electron chi connectivity index (χ2n) is 8.09. The van der Waals surface area contributed by atoms with E-state index >= 15 is 0 Å². The summed E-state index contributed by atoms with van der Waals surface area (Å²) in [5.41, 5.74) is 0.0118. The van der Waals surface area contributed by atoms with Gasteiger partial charge in [0.1, 0.15) is 5.82 Å². The number of fused-ring (bicyclic) bond motifs is 1. The summed E-state index contributed by atoms with van der Waals surface area (Å²) in [5.74, 6) is -0.0480. The maximum atomic E-state index is 14.2. The fraction of sp³-hybridized carbons (Fsp3) is 0.375. The third kappa shape index (κ3) is 5.48. The number of rotatable bonds is 9. The van der Waals surface area contributed by atoms with Gasteiger partial charge in [0.25, 0.3) is 5.56 Å². The van der Waals surface area contributed by atoms with E-state index in [0.29, 0.717) is 48.2 Å². The van der Waals surface area contributed by atoms with Gasteiger partial charge in [0.2, 0.25) is 5.91 Å². The number of benzene rings is 2. The summed E-state index contributed by atoms with van der Waals surface area (Å²) in [6, 6.07) is 13.1. The van der Waals surface area contributed by atoms with Crippen LogP contribution in [0.4, 0.5) is 4.39 Å². The normalized spacial score (nSPS) is 11.2. The predicted molar refractivity (Wildman–Crippen MR) is 120 cm³/mol. The van der Waals surface area contributed by atoms with Gasteiger partial charge >= 0.3 is 5.69 Å². The Morgan fingerprint density at radius 3 is 2.45 bits per heavy atom. The van der Waals surface area contributed by atoms with Gasteiger partial charge in [-0.3, -0.25) is 18.7 Å². The molecule has 0 bridgehead atoms. The van der Waals surface area contributed by atoms with Crippen molar-refractivity contribution in [2.75, 3.05) is 6.54 Å². The first-order chi connectivity index (χ1) is 14.9. The zero-order valence-corrected chi connectivity index (χ0v) is 17.9.